The molecular formula is C17H23N3. The van der Waals surface area contributed by atoms with Crippen molar-refractivity contribution in [1.82, 2.24) is 15.2 Å². The molecule has 106 valence electrons. The van der Waals surface area contributed by atoms with E-state index in [1.165, 1.54) is 23.9 Å². The zero-order valence-electron chi connectivity index (χ0n) is 12.2. The standard InChI is InChI=1S/C17H23N3/c1-14-7-11-20(13-10-18-14)12-8-16-5-2-4-15-6-3-9-19-17(15)16/h2-6,9,14,18H,7-8,10-13H2,1H3. The average molecular weight is 269 g/mol. The van der Waals surface area contributed by atoms with Crippen molar-refractivity contribution in [1.29, 1.82) is 0 Å². The Morgan fingerprint density at radius 3 is 3.10 bits per heavy atom. The summed E-state index contributed by atoms with van der Waals surface area (Å²) in [6.07, 6.45) is 4.22. The quantitative estimate of drug-likeness (QED) is 0.928. The molecule has 20 heavy (non-hydrogen) atoms. The minimum absolute atomic E-state index is 0.652. The molecule has 1 unspecified atom stereocenters. The Balaban J connectivity index is 1.67. The number of aromatic nitrogens is 1. The van der Waals surface area contributed by atoms with E-state index in [0.717, 1.165) is 31.6 Å². The second-order valence-corrected chi connectivity index (χ2v) is 5.73. The zero-order chi connectivity index (χ0) is 13.8. The van der Waals surface area contributed by atoms with Gasteiger partial charge in [0.1, 0.15) is 0 Å². The van der Waals surface area contributed by atoms with Crippen molar-refractivity contribution in [2.45, 2.75) is 25.8 Å². The summed E-state index contributed by atoms with van der Waals surface area (Å²) < 4.78 is 0. The molecular weight excluding hydrogens is 246 g/mol. The summed E-state index contributed by atoms with van der Waals surface area (Å²) in [6.45, 7) is 6.87. The fourth-order valence-electron chi connectivity index (χ4n) is 2.93. The van der Waals surface area contributed by atoms with Crippen LogP contribution in [0, 0.1) is 0 Å². The van der Waals surface area contributed by atoms with Gasteiger partial charge in [-0.15, -0.1) is 0 Å². The monoisotopic (exact) mass is 269 g/mol. The van der Waals surface area contributed by atoms with Gasteiger partial charge in [-0.3, -0.25) is 4.98 Å². The molecule has 1 aliphatic heterocycles. The van der Waals surface area contributed by atoms with E-state index in [-0.39, 0.29) is 0 Å². The highest BCUT2D eigenvalue weighted by molar-refractivity contribution is 5.81. The Labute approximate surface area is 121 Å². The van der Waals surface area contributed by atoms with Crippen LogP contribution in [0.1, 0.15) is 18.9 Å². The number of benzene rings is 1. The summed E-state index contributed by atoms with van der Waals surface area (Å²) in [5.41, 5.74) is 2.53. The van der Waals surface area contributed by atoms with Gasteiger partial charge in [-0.05, 0) is 37.9 Å². The number of rotatable bonds is 3. The van der Waals surface area contributed by atoms with E-state index in [1.54, 1.807) is 0 Å². The van der Waals surface area contributed by atoms with Crippen LogP contribution in [0.15, 0.2) is 36.5 Å². The Kier molecular flexibility index (Phi) is 4.28. The highest BCUT2D eigenvalue weighted by Crippen LogP contribution is 2.16. The van der Waals surface area contributed by atoms with Crippen LogP contribution in [0.4, 0.5) is 0 Å². The molecule has 1 aliphatic rings. The molecule has 1 fully saturated rings. The van der Waals surface area contributed by atoms with Gasteiger partial charge >= 0.3 is 0 Å². The van der Waals surface area contributed by atoms with Gasteiger partial charge in [0.05, 0.1) is 5.52 Å². The fourth-order valence-corrected chi connectivity index (χ4v) is 2.93. The lowest BCUT2D eigenvalue weighted by Crippen LogP contribution is -2.30. The van der Waals surface area contributed by atoms with Crippen LogP contribution in [-0.4, -0.2) is 42.1 Å². The lowest BCUT2D eigenvalue weighted by Gasteiger charge is -2.19. The van der Waals surface area contributed by atoms with Gasteiger partial charge in [0.15, 0.2) is 0 Å². The molecule has 1 N–H and O–H groups in total. The van der Waals surface area contributed by atoms with Crippen molar-refractivity contribution >= 4 is 10.9 Å². The van der Waals surface area contributed by atoms with Crippen LogP contribution in [0.25, 0.3) is 10.9 Å². The molecule has 0 radical (unpaired) electrons. The topological polar surface area (TPSA) is 28.2 Å². The first-order valence-electron chi connectivity index (χ1n) is 7.61. The predicted molar refractivity (Wildman–Crippen MR) is 84.0 cm³/mol. The summed E-state index contributed by atoms with van der Waals surface area (Å²) in [4.78, 5) is 7.11. The van der Waals surface area contributed by atoms with E-state index in [4.69, 9.17) is 0 Å². The van der Waals surface area contributed by atoms with E-state index in [9.17, 15) is 0 Å². The predicted octanol–water partition coefficient (Wildman–Crippen LogP) is 2.46. The molecule has 1 saturated heterocycles. The maximum absolute atomic E-state index is 4.54. The number of para-hydroxylation sites is 1. The van der Waals surface area contributed by atoms with E-state index in [0.29, 0.717) is 6.04 Å². The highest BCUT2D eigenvalue weighted by Gasteiger charge is 2.13. The van der Waals surface area contributed by atoms with Crippen LogP contribution in [0.2, 0.25) is 0 Å². The minimum atomic E-state index is 0.652. The van der Waals surface area contributed by atoms with Gasteiger partial charge in [-0.1, -0.05) is 24.3 Å². The molecule has 2 heterocycles. The van der Waals surface area contributed by atoms with Gasteiger partial charge < -0.3 is 10.2 Å². The third-order valence-corrected chi connectivity index (χ3v) is 4.21. The smallest absolute Gasteiger partial charge is 0.0734 e. The summed E-state index contributed by atoms with van der Waals surface area (Å²) in [6, 6.07) is 11.3. The maximum atomic E-state index is 4.54. The van der Waals surface area contributed by atoms with E-state index in [1.807, 2.05) is 12.3 Å². The first kappa shape index (κ1) is 13.5. The van der Waals surface area contributed by atoms with Gasteiger partial charge in [0.2, 0.25) is 0 Å². The number of nitrogens with one attached hydrogen (secondary N) is 1. The van der Waals surface area contributed by atoms with Gasteiger partial charge in [0, 0.05) is 37.3 Å². The lowest BCUT2D eigenvalue weighted by atomic mass is 10.1. The minimum Gasteiger partial charge on any atom is -0.313 e. The third kappa shape index (κ3) is 3.17. The highest BCUT2D eigenvalue weighted by atomic mass is 15.2. The zero-order valence-corrected chi connectivity index (χ0v) is 12.2. The molecule has 1 aromatic heterocycles. The van der Waals surface area contributed by atoms with Gasteiger partial charge in [0.25, 0.3) is 0 Å². The SMILES string of the molecule is CC1CCN(CCc2cccc3cccnc23)CCN1. The summed E-state index contributed by atoms with van der Waals surface area (Å²) >= 11 is 0. The summed E-state index contributed by atoms with van der Waals surface area (Å²) in [7, 11) is 0. The summed E-state index contributed by atoms with van der Waals surface area (Å²) in [5.74, 6) is 0. The third-order valence-electron chi connectivity index (χ3n) is 4.21. The molecule has 1 atom stereocenters. The first-order chi connectivity index (χ1) is 9.83. The van der Waals surface area contributed by atoms with Crippen molar-refractivity contribution in [3.05, 3.63) is 42.1 Å². The fraction of sp³-hybridized carbons (Fsp3) is 0.471. The number of fused-ring (bicyclic) bond motifs is 1. The Morgan fingerprint density at radius 1 is 1.25 bits per heavy atom. The van der Waals surface area contributed by atoms with Crippen molar-refractivity contribution in [3.63, 3.8) is 0 Å². The first-order valence-corrected chi connectivity index (χ1v) is 7.61. The van der Waals surface area contributed by atoms with Crippen LogP contribution in [-0.2, 0) is 6.42 Å². The number of hydrogen-bond donors (Lipinski definition) is 1. The summed E-state index contributed by atoms with van der Waals surface area (Å²) in [5, 5.41) is 4.79. The van der Waals surface area contributed by atoms with E-state index < -0.39 is 0 Å². The van der Waals surface area contributed by atoms with Crippen molar-refractivity contribution in [2.24, 2.45) is 0 Å². The molecule has 0 saturated carbocycles. The maximum Gasteiger partial charge on any atom is 0.0734 e. The van der Waals surface area contributed by atoms with Crippen molar-refractivity contribution in [2.75, 3.05) is 26.2 Å². The van der Waals surface area contributed by atoms with E-state index >= 15 is 0 Å². The van der Waals surface area contributed by atoms with Crippen molar-refractivity contribution in [3.8, 4) is 0 Å². The van der Waals surface area contributed by atoms with Crippen LogP contribution < -0.4 is 5.32 Å². The molecule has 3 rings (SSSR count). The lowest BCUT2D eigenvalue weighted by molar-refractivity contribution is 0.294. The van der Waals surface area contributed by atoms with Crippen molar-refractivity contribution < 1.29 is 0 Å². The average Bonchev–Trinajstić information content (AvgIpc) is 2.70. The largest absolute Gasteiger partial charge is 0.313 e. The van der Waals surface area contributed by atoms with Crippen LogP contribution >= 0.6 is 0 Å². The molecule has 3 nitrogen and oxygen atoms in total. The normalized spacial score (nSPS) is 20.9. The van der Waals surface area contributed by atoms with Crippen LogP contribution in [0.3, 0.4) is 0 Å². The Morgan fingerprint density at radius 2 is 2.15 bits per heavy atom. The molecule has 2 aromatic rings. The molecule has 0 spiro atoms. The van der Waals surface area contributed by atoms with Gasteiger partial charge in [-0.2, -0.15) is 0 Å². The molecule has 1 aromatic carbocycles. The van der Waals surface area contributed by atoms with Gasteiger partial charge in [-0.25, -0.2) is 0 Å². The Hall–Kier alpha value is -1.45. The second-order valence-electron chi connectivity index (χ2n) is 5.73. The molecule has 0 amide bonds. The number of hydrogen-bond acceptors (Lipinski definition) is 3. The Bertz CT molecular complexity index is 562. The molecule has 0 bridgehead atoms. The number of nitrogens with zero attached hydrogens (tertiary/aromatic N) is 2. The van der Waals surface area contributed by atoms with Crippen LogP contribution in [0.5, 0.6) is 0 Å². The molecule has 3 heteroatoms. The number of pyridine rings is 1. The second kappa shape index (κ2) is 6.33. The van der Waals surface area contributed by atoms with E-state index in [2.05, 4.69) is 46.4 Å². The molecule has 0 aliphatic carbocycles.